The number of aromatic nitrogens is 2. The first-order chi connectivity index (χ1) is 10.3. The Kier molecular flexibility index (Phi) is 3.98. The van der Waals surface area contributed by atoms with E-state index in [2.05, 4.69) is 27.6 Å². The molecule has 0 saturated heterocycles. The molecule has 0 radical (unpaired) electrons. The number of hydrogen-bond donors (Lipinski definition) is 3. The van der Waals surface area contributed by atoms with Crippen LogP contribution in [0.3, 0.4) is 0 Å². The molecule has 0 spiro atoms. The van der Waals surface area contributed by atoms with Crippen LogP contribution in [0.5, 0.6) is 5.75 Å². The van der Waals surface area contributed by atoms with E-state index in [1.807, 2.05) is 36.4 Å². The average Bonchev–Trinajstić information content (AvgIpc) is 3.04. The minimum absolute atomic E-state index is 0.0649. The highest BCUT2D eigenvalue weighted by Crippen LogP contribution is 2.24. The third-order valence-corrected chi connectivity index (χ3v) is 3.41. The van der Waals surface area contributed by atoms with Crippen LogP contribution in [0, 0.1) is 0 Å². The van der Waals surface area contributed by atoms with Gasteiger partial charge >= 0.3 is 0 Å². The maximum Gasteiger partial charge on any atom is 0.115 e. The lowest BCUT2D eigenvalue weighted by Gasteiger charge is -2.19. The highest BCUT2D eigenvalue weighted by molar-refractivity contribution is 5.35. The van der Waals surface area contributed by atoms with Crippen molar-refractivity contribution in [2.75, 3.05) is 0 Å². The highest BCUT2D eigenvalue weighted by atomic mass is 16.3. The largest absolute Gasteiger partial charge is 0.508 e. The maximum absolute atomic E-state index is 9.46. The predicted molar refractivity (Wildman–Crippen MR) is 81.8 cm³/mol. The minimum Gasteiger partial charge on any atom is -0.508 e. The summed E-state index contributed by atoms with van der Waals surface area (Å²) in [5.41, 5.74) is 3.33. The molecule has 3 aromatic rings. The Morgan fingerprint density at radius 1 is 0.952 bits per heavy atom. The number of hydrogen-bond acceptors (Lipinski definition) is 3. The molecule has 0 bridgehead atoms. The molecule has 1 heterocycles. The van der Waals surface area contributed by atoms with Crippen LogP contribution in [0.1, 0.15) is 22.9 Å². The van der Waals surface area contributed by atoms with Crippen LogP contribution in [0.25, 0.3) is 0 Å². The molecule has 4 heteroatoms. The summed E-state index contributed by atoms with van der Waals surface area (Å²) in [6.45, 7) is 0.695. The van der Waals surface area contributed by atoms with Crippen LogP contribution >= 0.6 is 0 Å². The summed E-state index contributed by atoms with van der Waals surface area (Å²) < 4.78 is 0. The van der Waals surface area contributed by atoms with Crippen molar-refractivity contribution in [3.05, 3.63) is 83.7 Å². The third kappa shape index (κ3) is 3.30. The fourth-order valence-electron chi connectivity index (χ4n) is 2.34. The van der Waals surface area contributed by atoms with Crippen LogP contribution in [0.4, 0.5) is 0 Å². The molecule has 1 aromatic heterocycles. The van der Waals surface area contributed by atoms with E-state index in [1.165, 1.54) is 5.56 Å². The van der Waals surface area contributed by atoms with Crippen molar-refractivity contribution in [2.24, 2.45) is 0 Å². The zero-order valence-electron chi connectivity index (χ0n) is 11.5. The predicted octanol–water partition coefficient (Wildman–Crippen LogP) is 2.99. The lowest BCUT2D eigenvalue weighted by atomic mass is 9.98. The Hall–Kier alpha value is -2.59. The van der Waals surface area contributed by atoms with Gasteiger partial charge in [0.2, 0.25) is 0 Å². The van der Waals surface area contributed by atoms with Crippen molar-refractivity contribution < 1.29 is 5.11 Å². The van der Waals surface area contributed by atoms with Gasteiger partial charge in [0.05, 0.1) is 6.04 Å². The minimum atomic E-state index is 0.0649. The quantitative estimate of drug-likeness (QED) is 0.673. The van der Waals surface area contributed by atoms with Crippen LogP contribution in [0.15, 0.2) is 66.9 Å². The lowest BCUT2D eigenvalue weighted by molar-refractivity contribution is 0.474. The second-order valence-corrected chi connectivity index (χ2v) is 4.90. The molecule has 0 fully saturated rings. The molecule has 3 N–H and O–H groups in total. The molecule has 4 nitrogen and oxygen atoms in total. The first-order valence-electron chi connectivity index (χ1n) is 6.88. The second-order valence-electron chi connectivity index (χ2n) is 4.90. The van der Waals surface area contributed by atoms with Crippen LogP contribution in [-0.2, 0) is 6.54 Å². The van der Waals surface area contributed by atoms with Gasteiger partial charge in [-0.15, -0.1) is 0 Å². The number of phenolic OH excluding ortho intramolecular Hbond substituents is 1. The van der Waals surface area contributed by atoms with Gasteiger partial charge in [-0.25, -0.2) is 0 Å². The van der Waals surface area contributed by atoms with Gasteiger partial charge < -0.3 is 10.4 Å². The number of nitrogens with one attached hydrogen (secondary N) is 2. The molecular formula is C17H17N3O. The summed E-state index contributed by atoms with van der Waals surface area (Å²) in [5, 5.41) is 19.9. The van der Waals surface area contributed by atoms with Gasteiger partial charge in [0, 0.05) is 18.4 Å². The summed E-state index contributed by atoms with van der Waals surface area (Å²) in [5.74, 6) is 0.277. The number of nitrogens with zero attached hydrogens (tertiary/aromatic N) is 1. The molecule has 0 aliphatic carbocycles. The molecule has 1 unspecified atom stereocenters. The number of benzene rings is 2. The van der Waals surface area contributed by atoms with Gasteiger partial charge in [-0.3, -0.25) is 5.10 Å². The lowest BCUT2D eigenvalue weighted by Crippen LogP contribution is -2.22. The van der Waals surface area contributed by atoms with Crippen LogP contribution in [0.2, 0.25) is 0 Å². The summed E-state index contributed by atoms with van der Waals surface area (Å²) in [4.78, 5) is 0. The van der Waals surface area contributed by atoms with Gasteiger partial charge in [-0.05, 0) is 29.3 Å². The smallest absolute Gasteiger partial charge is 0.115 e. The van der Waals surface area contributed by atoms with Crippen molar-refractivity contribution in [3.63, 3.8) is 0 Å². The summed E-state index contributed by atoms with van der Waals surface area (Å²) >= 11 is 0. The normalized spacial score (nSPS) is 12.2. The van der Waals surface area contributed by atoms with E-state index in [1.54, 1.807) is 18.3 Å². The molecule has 21 heavy (non-hydrogen) atoms. The molecule has 1 atom stereocenters. The molecule has 0 aliphatic rings. The second kappa shape index (κ2) is 6.24. The average molecular weight is 279 g/mol. The molecular weight excluding hydrogens is 262 g/mol. The SMILES string of the molecule is Oc1ccc(C(NCc2ccn[nH]2)c2ccccc2)cc1. The van der Waals surface area contributed by atoms with Crippen LogP contribution < -0.4 is 5.32 Å². The highest BCUT2D eigenvalue weighted by Gasteiger charge is 2.13. The Morgan fingerprint density at radius 3 is 2.33 bits per heavy atom. The maximum atomic E-state index is 9.46. The van der Waals surface area contributed by atoms with E-state index in [4.69, 9.17) is 0 Å². The monoisotopic (exact) mass is 279 g/mol. The van der Waals surface area contributed by atoms with Gasteiger partial charge in [0.25, 0.3) is 0 Å². The van der Waals surface area contributed by atoms with Crippen molar-refractivity contribution in [1.82, 2.24) is 15.5 Å². The van der Waals surface area contributed by atoms with Gasteiger partial charge in [0.15, 0.2) is 0 Å². The molecule has 0 aliphatic heterocycles. The number of H-pyrrole nitrogens is 1. The van der Waals surface area contributed by atoms with Crippen molar-refractivity contribution in [3.8, 4) is 5.75 Å². The van der Waals surface area contributed by atoms with Crippen molar-refractivity contribution in [1.29, 1.82) is 0 Å². The fraction of sp³-hybridized carbons (Fsp3) is 0.118. The molecule has 3 rings (SSSR count). The van der Waals surface area contributed by atoms with Gasteiger partial charge in [0.1, 0.15) is 5.75 Å². The van der Waals surface area contributed by atoms with E-state index >= 15 is 0 Å². The van der Waals surface area contributed by atoms with E-state index in [0.29, 0.717) is 6.54 Å². The van der Waals surface area contributed by atoms with E-state index in [9.17, 15) is 5.11 Å². The summed E-state index contributed by atoms with van der Waals surface area (Å²) in [7, 11) is 0. The Balaban J connectivity index is 1.85. The molecule has 0 amide bonds. The first-order valence-corrected chi connectivity index (χ1v) is 6.88. The van der Waals surface area contributed by atoms with Crippen LogP contribution in [-0.4, -0.2) is 15.3 Å². The number of aromatic hydroxyl groups is 1. The van der Waals surface area contributed by atoms with Gasteiger partial charge in [-0.1, -0.05) is 42.5 Å². The van der Waals surface area contributed by atoms with Crippen molar-refractivity contribution in [2.45, 2.75) is 12.6 Å². The zero-order valence-corrected chi connectivity index (χ0v) is 11.5. The topological polar surface area (TPSA) is 60.9 Å². The fourth-order valence-corrected chi connectivity index (χ4v) is 2.34. The number of rotatable bonds is 5. The number of phenols is 1. The summed E-state index contributed by atoms with van der Waals surface area (Å²) in [6.07, 6.45) is 1.75. The van der Waals surface area contributed by atoms with E-state index < -0.39 is 0 Å². The molecule has 0 saturated carbocycles. The molecule has 2 aromatic carbocycles. The summed E-state index contributed by atoms with van der Waals surface area (Å²) in [6, 6.07) is 19.6. The van der Waals surface area contributed by atoms with Crippen molar-refractivity contribution >= 4 is 0 Å². The first kappa shape index (κ1) is 13.4. The standard InChI is InChI=1S/C17H17N3O/c21-16-8-6-14(7-9-16)17(13-4-2-1-3-5-13)18-12-15-10-11-19-20-15/h1-11,17-18,21H,12H2,(H,19,20). The molecule has 106 valence electrons. The van der Waals surface area contributed by atoms with E-state index in [-0.39, 0.29) is 11.8 Å². The zero-order chi connectivity index (χ0) is 14.5. The third-order valence-electron chi connectivity index (χ3n) is 3.41. The van der Waals surface area contributed by atoms with E-state index in [0.717, 1.165) is 11.3 Å². The Morgan fingerprint density at radius 2 is 1.67 bits per heavy atom. The van der Waals surface area contributed by atoms with Gasteiger partial charge in [-0.2, -0.15) is 5.10 Å². The number of aromatic amines is 1. The Labute approximate surface area is 123 Å². The Bertz CT molecular complexity index is 663.